The van der Waals surface area contributed by atoms with Gasteiger partial charge in [0, 0.05) is 19.2 Å². The highest BCUT2D eigenvalue weighted by Gasteiger charge is 2.29. The summed E-state index contributed by atoms with van der Waals surface area (Å²) in [4.78, 5) is 25.4. The van der Waals surface area contributed by atoms with Crippen molar-refractivity contribution in [3.63, 3.8) is 0 Å². The number of sulfonamides is 1. The van der Waals surface area contributed by atoms with Crippen molar-refractivity contribution in [2.24, 2.45) is 5.92 Å². The lowest BCUT2D eigenvalue weighted by atomic mass is 9.88. The number of aromatic nitrogens is 1. The van der Waals surface area contributed by atoms with Crippen LogP contribution in [0, 0.1) is 5.92 Å². The third kappa shape index (κ3) is 4.30. The molecule has 34 heavy (non-hydrogen) atoms. The summed E-state index contributed by atoms with van der Waals surface area (Å²) in [5, 5.41) is 3.04. The Bertz CT molecular complexity index is 1380. The Hall–Kier alpha value is -2.91. The Morgan fingerprint density at radius 1 is 1.12 bits per heavy atom. The van der Waals surface area contributed by atoms with Crippen molar-refractivity contribution >= 4 is 27.0 Å². The summed E-state index contributed by atoms with van der Waals surface area (Å²) in [5.41, 5.74) is 2.91. The number of fused-ring (bicyclic) bond motifs is 2. The van der Waals surface area contributed by atoms with Crippen LogP contribution in [0.25, 0.3) is 11.1 Å². The largest absolute Gasteiger partial charge is 0.420 e. The second-order valence-electron chi connectivity index (χ2n) is 9.38. The van der Waals surface area contributed by atoms with Crippen LogP contribution in [-0.4, -0.2) is 36.3 Å². The Labute approximate surface area is 198 Å². The summed E-state index contributed by atoms with van der Waals surface area (Å²) in [6.45, 7) is 2.89. The average molecular weight is 484 g/mol. The fourth-order valence-corrected chi connectivity index (χ4v) is 6.50. The van der Waals surface area contributed by atoms with E-state index >= 15 is 0 Å². The summed E-state index contributed by atoms with van der Waals surface area (Å²) < 4.78 is 34.2. The van der Waals surface area contributed by atoms with Crippen molar-refractivity contribution in [3.8, 4) is 0 Å². The van der Waals surface area contributed by atoms with Crippen LogP contribution in [0.1, 0.15) is 49.8 Å². The number of oxazole rings is 1. The van der Waals surface area contributed by atoms with E-state index < -0.39 is 15.8 Å². The van der Waals surface area contributed by atoms with Crippen molar-refractivity contribution in [2.75, 3.05) is 13.1 Å². The van der Waals surface area contributed by atoms with Crippen molar-refractivity contribution < 1.29 is 17.6 Å². The lowest BCUT2D eigenvalue weighted by Crippen LogP contribution is -2.37. The van der Waals surface area contributed by atoms with E-state index in [1.807, 2.05) is 18.2 Å². The predicted molar refractivity (Wildman–Crippen MR) is 128 cm³/mol. The summed E-state index contributed by atoms with van der Waals surface area (Å²) >= 11 is 0. The SMILES string of the molecule is CC1CCN(S(=O)(=O)c2ccc3c(c2)oc(=O)n3CC(=O)NC2CCCc3ccccc32)CC1. The van der Waals surface area contributed by atoms with Crippen LogP contribution in [0.2, 0.25) is 0 Å². The number of piperidine rings is 1. The quantitative estimate of drug-likeness (QED) is 0.601. The van der Waals surface area contributed by atoms with Gasteiger partial charge in [0.05, 0.1) is 16.5 Å². The molecule has 8 nitrogen and oxygen atoms in total. The van der Waals surface area contributed by atoms with Crippen LogP contribution in [0.5, 0.6) is 0 Å². The van der Waals surface area contributed by atoms with E-state index in [-0.39, 0.29) is 29.0 Å². The summed E-state index contributed by atoms with van der Waals surface area (Å²) in [6.07, 6.45) is 4.49. The Balaban J connectivity index is 1.35. The number of carbonyl (C=O) groups is 1. The number of aryl methyl sites for hydroxylation is 1. The zero-order chi connectivity index (χ0) is 23.9. The van der Waals surface area contributed by atoms with E-state index in [2.05, 4.69) is 18.3 Å². The Morgan fingerprint density at radius 2 is 1.88 bits per heavy atom. The van der Waals surface area contributed by atoms with Crippen LogP contribution in [0.15, 0.2) is 56.6 Å². The van der Waals surface area contributed by atoms with Crippen LogP contribution >= 0.6 is 0 Å². The van der Waals surface area contributed by atoms with Crippen molar-refractivity contribution in [1.82, 2.24) is 14.2 Å². The summed E-state index contributed by atoms with van der Waals surface area (Å²) in [6, 6.07) is 12.4. The molecule has 9 heteroatoms. The number of rotatable bonds is 5. The zero-order valence-corrected chi connectivity index (χ0v) is 20.0. The molecule has 1 fully saturated rings. The molecule has 1 unspecified atom stereocenters. The highest BCUT2D eigenvalue weighted by atomic mass is 32.2. The number of hydrogen-bond acceptors (Lipinski definition) is 5. The third-order valence-electron chi connectivity index (χ3n) is 7.03. The van der Waals surface area contributed by atoms with Gasteiger partial charge in [-0.25, -0.2) is 13.2 Å². The maximum atomic E-state index is 13.1. The van der Waals surface area contributed by atoms with E-state index in [0.29, 0.717) is 24.5 Å². The van der Waals surface area contributed by atoms with Gasteiger partial charge in [-0.3, -0.25) is 9.36 Å². The minimum Gasteiger partial charge on any atom is -0.408 e. The molecule has 1 amide bonds. The minimum absolute atomic E-state index is 0.0877. The first-order chi connectivity index (χ1) is 16.3. The Morgan fingerprint density at radius 3 is 2.68 bits per heavy atom. The lowest BCUT2D eigenvalue weighted by Gasteiger charge is -2.29. The summed E-state index contributed by atoms with van der Waals surface area (Å²) in [5.74, 6) is -0.463. The molecule has 1 saturated heterocycles. The molecule has 2 heterocycles. The van der Waals surface area contributed by atoms with Crippen LogP contribution in [0.4, 0.5) is 0 Å². The van der Waals surface area contributed by atoms with Gasteiger partial charge in [-0.15, -0.1) is 0 Å². The van der Waals surface area contributed by atoms with Gasteiger partial charge in [0.25, 0.3) is 0 Å². The second kappa shape index (κ2) is 9.03. The van der Waals surface area contributed by atoms with Gasteiger partial charge in [-0.1, -0.05) is 31.2 Å². The number of benzene rings is 2. The second-order valence-corrected chi connectivity index (χ2v) is 11.3. The molecule has 0 saturated carbocycles. The first kappa shape index (κ1) is 22.9. The van der Waals surface area contributed by atoms with Gasteiger partial charge in [0.2, 0.25) is 15.9 Å². The van der Waals surface area contributed by atoms with E-state index in [4.69, 9.17) is 4.42 Å². The fourth-order valence-electron chi connectivity index (χ4n) is 5.02. The topological polar surface area (TPSA) is 102 Å². The molecule has 5 rings (SSSR count). The molecule has 1 aliphatic carbocycles. The van der Waals surface area contributed by atoms with E-state index in [1.165, 1.54) is 26.6 Å². The van der Waals surface area contributed by atoms with Crippen LogP contribution in [-0.2, 0) is 27.8 Å². The van der Waals surface area contributed by atoms with Gasteiger partial charge in [-0.2, -0.15) is 4.31 Å². The molecular formula is C25H29N3O5S. The molecule has 2 aliphatic rings. The maximum Gasteiger partial charge on any atom is 0.420 e. The van der Waals surface area contributed by atoms with Crippen molar-refractivity contribution in [2.45, 2.75) is 56.5 Å². The van der Waals surface area contributed by atoms with E-state index in [0.717, 1.165) is 37.7 Å². The van der Waals surface area contributed by atoms with Crippen LogP contribution in [0.3, 0.4) is 0 Å². The Kier molecular flexibility index (Phi) is 6.07. The van der Waals surface area contributed by atoms with Gasteiger partial charge in [0.1, 0.15) is 6.54 Å². The highest BCUT2D eigenvalue weighted by Crippen LogP contribution is 2.30. The van der Waals surface area contributed by atoms with Gasteiger partial charge < -0.3 is 9.73 Å². The first-order valence-electron chi connectivity index (χ1n) is 11.8. The van der Waals surface area contributed by atoms with Gasteiger partial charge in [0.15, 0.2) is 5.58 Å². The molecular weight excluding hydrogens is 454 g/mol. The number of hydrogen-bond donors (Lipinski definition) is 1. The summed E-state index contributed by atoms with van der Waals surface area (Å²) in [7, 11) is -3.67. The molecule has 1 aromatic heterocycles. The molecule has 3 aromatic rings. The normalized spacial score (nSPS) is 19.7. The van der Waals surface area contributed by atoms with E-state index in [9.17, 15) is 18.0 Å². The molecule has 0 radical (unpaired) electrons. The van der Waals surface area contributed by atoms with Crippen LogP contribution < -0.4 is 11.1 Å². The van der Waals surface area contributed by atoms with Gasteiger partial charge >= 0.3 is 5.76 Å². The molecule has 180 valence electrons. The number of amides is 1. The van der Waals surface area contributed by atoms with Gasteiger partial charge in [-0.05, 0) is 61.3 Å². The molecule has 1 atom stereocenters. The number of carbonyl (C=O) groups excluding carboxylic acids is 1. The molecule has 1 N–H and O–H groups in total. The lowest BCUT2D eigenvalue weighted by molar-refractivity contribution is -0.122. The average Bonchev–Trinajstić information content (AvgIpc) is 3.13. The van der Waals surface area contributed by atoms with E-state index in [1.54, 1.807) is 6.07 Å². The molecule has 2 aromatic carbocycles. The standard InChI is InChI=1S/C25H29N3O5S/c1-17-11-13-27(14-12-17)34(31,32)19-9-10-22-23(15-19)33-25(30)28(22)16-24(29)26-21-8-4-6-18-5-2-3-7-20(18)21/h2-3,5,7,9-10,15,17,21H,4,6,8,11-14,16H2,1H3,(H,26,29). The number of nitrogens with zero attached hydrogens (tertiary/aromatic N) is 2. The zero-order valence-electron chi connectivity index (χ0n) is 19.2. The smallest absolute Gasteiger partial charge is 0.408 e. The van der Waals surface area contributed by atoms with Crippen molar-refractivity contribution in [1.29, 1.82) is 0 Å². The molecule has 1 aliphatic heterocycles. The number of nitrogens with one attached hydrogen (secondary N) is 1. The van der Waals surface area contributed by atoms with Crippen molar-refractivity contribution in [3.05, 3.63) is 64.1 Å². The molecule has 0 spiro atoms. The molecule has 0 bridgehead atoms. The first-order valence-corrected chi connectivity index (χ1v) is 13.3. The maximum absolute atomic E-state index is 13.1. The minimum atomic E-state index is -3.67. The predicted octanol–water partition coefficient (Wildman–Crippen LogP) is 3.21. The monoisotopic (exact) mass is 483 g/mol. The highest BCUT2D eigenvalue weighted by molar-refractivity contribution is 7.89. The third-order valence-corrected chi connectivity index (χ3v) is 8.92. The fraction of sp³-hybridized carbons (Fsp3) is 0.440.